The van der Waals surface area contributed by atoms with Gasteiger partial charge in [-0.2, -0.15) is 0 Å². The fourth-order valence-corrected chi connectivity index (χ4v) is 2.82. The van der Waals surface area contributed by atoms with E-state index in [4.69, 9.17) is 16.3 Å². The number of aromatic nitrogens is 1. The van der Waals surface area contributed by atoms with Crippen LogP contribution in [0, 0.1) is 0 Å². The molecular formula is C9H12ClN3O4S. The van der Waals surface area contributed by atoms with Gasteiger partial charge in [0.05, 0.1) is 13.2 Å². The predicted octanol–water partition coefficient (Wildman–Crippen LogP) is -0.446. The van der Waals surface area contributed by atoms with E-state index in [2.05, 4.69) is 9.82 Å². The molecule has 1 aromatic heterocycles. The van der Waals surface area contributed by atoms with Gasteiger partial charge in [-0.3, -0.25) is 4.79 Å². The highest BCUT2D eigenvalue weighted by atomic mass is 35.5. The van der Waals surface area contributed by atoms with E-state index in [-0.39, 0.29) is 9.92 Å². The maximum Gasteiger partial charge on any atom is 0.266 e. The maximum absolute atomic E-state index is 12.0. The number of sulfonamides is 1. The molecule has 0 aliphatic carbocycles. The lowest BCUT2D eigenvalue weighted by atomic mass is 10.5. The van der Waals surface area contributed by atoms with Crippen molar-refractivity contribution in [1.82, 2.24) is 14.8 Å². The number of hydrogen-bond acceptors (Lipinski definition) is 5. The molecule has 0 saturated carbocycles. The topological polar surface area (TPSA) is 91.5 Å². The lowest BCUT2D eigenvalue weighted by molar-refractivity contribution is 0.0272. The molecule has 1 fully saturated rings. The van der Waals surface area contributed by atoms with E-state index in [1.165, 1.54) is 5.01 Å². The normalized spacial score (nSPS) is 17.8. The van der Waals surface area contributed by atoms with Crippen molar-refractivity contribution in [2.24, 2.45) is 0 Å². The monoisotopic (exact) mass is 293 g/mol. The first kappa shape index (κ1) is 13.5. The predicted molar refractivity (Wildman–Crippen MR) is 64.8 cm³/mol. The van der Waals surface area contributed by atoms with E-state index in [0.717, 1.165) is 12.3 Å². The summed E-state index contributed by atoms with van der Waals surface area (Å²) in [6.07, 6.45) is 1.11. The minimum absolute atomic E-state index is 0.0846. The highest BCUT2D eigenvalue weighted by Crippen LogP contribution is 2.11. The smallest absolute Gasteiger partial charge is 0.266 e. The first-order valence-corrected chi connectivity index (χ1v) is 7.08. The van der Waals surface area contributed by atoms with Crippen LogP contribution in [0.5, 0.6) is 0 Å². The van der Waals surface area contributed by atoms with Gasteiger partial charge in [-0.15, -0.1) is 4.83 Å². The second-order valence-corrected chi connectivity index (χ2v) is 5.77. The second-order valence-electron chi connectivity index (χ2n) is 3.71. The van der Waals surface area contributed by atoms with E-state index >= 15 is 0 Å². The van der Waals surface area contributed by atoms with Crippen molar-refractivity contribution >= 4 is 21.6 Å². The Balaban J connectivity index is 2.19. The summed E-state index contributed by atoms with van der Waals surface area (Å²) in [4.78, 5) is 15.6. The fourth-order valence-electron chi connectivity index (χ4n) is 1.47. The standard InChI is InChI=1S/C9H12ClN3O4S/c10-8-5-7(6-11-9(8)14)18(15,16)12-13-1-3-17-4-2-13/h5-6,12H,1-4H2,(H,11,14). The van der Waals surface area contributed by atoms with Crippen LogP contribution in [-0.4, -0.2) is 44.7 Å². The Morgan fingerprint density at radius 1 is 1.39 bits per heavy atom. The van der Waals surface area contributed by atoms with Crippen molar-refractivity contribution in [2.75, 3.05) is 26.3 Å². The van der Waals surface area contributed by atoms with Crippen LogP contribution in [0.2, 0.25) is 5.02 Å². The third-order valence-corrected chi connectivity index (χ3v) is 4.04. The molecule has 1 aromatic rings. The molecule has 2 rings (SSSR count). The molecule has 0 spiro atoms. The SMILES string of the molecule is O=c1[nH]cc(S(=O)(=O)NN2CCOCC2)cc1Cl. The van der Waals surface area contributed by atoms with E-state index in [9.17, 15) is 13.2 Å². The molecule has 0 unspecified atom stereocenters. The molecule has 1 saturated heterocycles. The molecule has 100 valence electrons. The summed E-state index contributed by atoms with van der Waals surface area (Å²) in [7, 11) is -3.73. The highest BCUT2D eigenvalue weighted by molar-refractivity contribution is 7.89. The Labute approximate surface area is 109 Å². The van der Waals surface area contributed by atoms with Crippen LogP contribution in [0.4, 0.5) is 0 Å². The summed E-state index contributed by atoms with van der Waals surface area (Å²) in [5.74, 6) is 0. The molecule has 1 aliphatic heterocycles. The molecule has 0 amide bonds. The van der Waals surface area contributed by atoms with E-state index < -0.39 is 15.6 Å². The number of morpholine rings is 1. The number of hydrazine groups is 1. The first-order valence-electron chi connectivity index (χ1n) is 5.22. The quantitative estimate of drug-likeness (QED) is 0.788. The van der Waals surface area contributed by atoms with Gasteiger partial charge in [-0.1, -0.05) is 11.6 Å². The van der Waals surface area contributed by atoms with E-state index in [1.807, 2.05) is 0 Å². The van der Waals surface area contributed by atoms with Gasteiger partial charge >= 0.3 is 0 Å². The van der Waals surface area contributed by atoms with Crippen molar-refractivity contribution in [1.29, 1.82) is 0 Å². The van der Waals surface area contributed by atoms with Crippen molar-refractivity contribution in [3.63, 3.8) is 0 Å². The second kappa shape index (κ2) is 5.37. The van der Waals surface area contributed by atoms with Crippen molar-refractivity contribution in [3.8, 4) is 0 Å². The van der Waals surface area contributed by atoms with Crippen LogP contribution >= 0.6 is 11.6 Å². The van der Waals surface area contributed by atoms with Gasteiger partial charge in [-0.05, 0) is 6.07 Å². The van der Waals surface area contributed by atoms with Crippen LogP contribution in [0.3, 0.4) is 0 Å². The Morgan fingerprint density at radius 3 is 2.67 bits per heavy atom. The van der Waals surface area contributed by atoms with E-state index in [0.29, 0.717) is 26.3 Å². The molecule has 18 heavy (non-hydrogen) atoms. The number of hydrogen-bond donors (Lipinski definition) is 2. The number of pyridine rings is 1. The van der Waals surface area contributed by atoms with Gasteiger partial charge in [0.1, 0.15) is 9.92 Å². The third kappa shape index (κ3) is 3.09. The minimum atomic E-state index is -3.73. The first-order chi connectivity index (χ1) is 8.49. The van der Waals surface area contributed by atoms with E-state index in [1.54, 1.807) is 0 Å². The molecular weight excluding hydrogens is 282 g/mol. The number of nitrogens with zero attached hydrogens (tertiary/aromatic N) is 1. The molecule has 0 radical (unpaired) electrons. The maximum atomic E-state index is 12.0. The Kier molecular flexibility index (Phi) is 4.03. The summed E-state index contributed by atoms with van der Waals surface area (Å²) < 4.78 is 29.1. The molecule has 0 atom stereocenters. The molecule has 0 aromatic carbocycles. The van der Waals surface area contributed by atoms with Crippen molar-refractivity contribution in [2.45, 2.75) is 4.90 Å². The van der Waals surface area contributed by atoms with Crippen LogP contribution in [-0.2, 0) is 14.8 Å². The average Bonchev–Trinajstić information content (AvgIpc) is 2.33. The van der Waals surface area contributed by atoms with Gasteiger partial charge in [0, 0.05) is 19.3 Å². The zero-order valence-corrected chi connectivity index (χ0v) is 10.9. The Morgan fingerprint density at radius 2 is 2.06 bits per heavy atom. The lowest BCUT2D eigenvalue weighted by Gasteiger charge is -2.26. The molecule has 2 heterocycles. The summed E-state index contributed by atoms with van der Waals surface area (Å²) >= 11 is 5.59. The number of rotatable bonds is 3. The summed E-state index contributed by atoms with van der Waals surface area (Å²) in [5, 5.41) is 1.37. The van der Waals surface area contributed by atoms with Crippen LogP contribution in [0.25, 0.3) is 0 Å². The number of H-pyrrole nitrogens is 1. The third-order valence-electron chi connectivity index (χ3n) is 2.40. The van der Waals surface area contributed by atoms with Gasteiger partial charge < -0.3 is 9.72 Å². The molecule has 9 heteroatoms. The molecule has 1 aliphatic rings. The lowest BCUT2D eigenvalue weighted by Crippen LogP contribution is -2.48. The minimum Gasteiger partial charge on any atom is -0.379 e. The number of ether oxygens (including phenoxy) is 1. The van der Waals surface area contributed by atoms with Crippen LogP contribution in [0.1, 0.15) is 0 Å². The summed E-state index contributed by atoms with van der Waals surface area (Å²) in [6.45, 7) is 1.87. The fraction of sp³-hybridized carbons (Fsp3) is 0.444. The Bertz CT molecular complexity index is 580. The van der Waals surface area contributed by atoms with Gasteiger partial charge in [-0.25, -0.2) is 13.4 Å². The number of nitrogens with one attached hydrogen (secondary N) is 2. The Hall–Kier alpha value is -0.930. The molecule has 0 bridgehead atoms. The number of aromatic amines is 1. The van der Waals surface area contributed by atoms with Crippen LogP contribution < -0.4 is 10.4 Å². The average molecular weight is 294 g/mol. The van der Waals surface area contributed by atoms with Crippen molar-refractivity contribution in [3.05, 3.63) is 27.6 Å². The van der Waals surface area contributed by atoms with Gasteiger partial charge in [0.25, 0.3) is 15.6 Å². The largest absolute Gasteiger partial charge is 0.379 e. The highest BCUT2D eigenvalue weighted by Gasteiger charge is 2.20. The van der Waals surface area contributed by atoms with Gasteiger partial charge in [0.2, 0.25) is 0 Å². The molecule has 7 nitrogen and oxygen atoms in total. The molecule has 2 N–H and O–H groups in total. The van der Waals surface area contributed by atoms with Gasteiger partial charge in [0.15, 0.2) is 0 Å². The zero-order chi connectivity index (χ0) is 13.2. The van der Waals surface area contributed by atoms with Crippen LogP contribution in [0.15, 0.2) is 22.0 Å². The van der Waals surface area contributed by atoms with Crippen molar-refractivity contribution < 1.29 is 13.2 Å². The number of halogens is 1. The summed E-state index contributed by atoms with van der Waals surface area (Å²) in [6, 6.07) is 1.11. The zero-order valence-electron chi connectivity index (χ0n) is 9.35. The summed E-state index contributed by atoms with van der Waals surface area (Å²) in [5.41, 5.74) is -0.526.